The van der Waals surface area contributed by atoms with Gasteiger partial charge in [0.1, 0.15) is 5.82 Å². The molecule has 1 aromatic rings. The number of ketones is 1. The number of rotatable bonds is 8. The SMILES string of the molecule is C=CCCC1C(=O)N(CCN2CCC(C(=O)c3ccc(F)cc3)CC2)N=C2CCCCC21. The Bertz CT molecular complexity index is 858. The first kappa shape index (κ1) is 22.8. The van der Waals surface area contributed by atoms with Crippen molar-refractivity contribution < 1.29 is 14.0 Å². The molecule has 0 spiro atoms. The Balaban J connectivity index is 1.31. The summed E-state index contributed by atoms with van der Waals surface area (Å²) in [5.74, 6) is 0.304. The number of fused-ring (bicyclic) bond motifs is 1. The summed E-state index contributed by atoms with van der Waals surface area (Å²) in [5, 5.41) is 6.50. The number of likely N-dealkylation sites (tertiary alicyclic amines) is 1. The number of hydrogen-bond donors (Lipinski definition) is 0. The predicted molar refractivity (Wildman–Crippen MR) is 124 cm³/mol. The third-order valence-corrected chi connectivity index (χ3v) is 7.33. The quantitative estimate of drug-likeness (QED) is 0.436. The monoisotopic (exact) mass is 439 g/mol. The molecule has 0 radical (unpaired) electrons. The van der Waals surface area contributed by atoms with Crippen LogP contribution in [0.5, 0.6) is 0 Å². The van der Waals surface area contributed by atoms with E-state index >= 15 is 0 Å². The molecule has 1 aromatic carbocycles. The van der Waals surface area contributed by atoms with Crippen LogP contribution in [-0.4, -0.2) is 53.5 Å². The molecule has 2 unspecified atom stereocenters. The van der Waals surface area contributed by atoms with E-state index in [-0.39, 0.29) is 29.3 Å². The average Bonchev–Trinajstić information content (AvgIpc) is 2.83. The summed E-state index contributed by atoms with van der Waals surface area (Å²) in [4.78, 5) is 28.2. The molecule has 172 valence electrons. The second-order valence-electron chi connectivity index (χ2n) is 9.36. The van der Waals surface area contributed by atoms with Gasteiger partial charge in [-0.2, -0.15) is 5.10 Å². The lowest BCUT2D eigenvalue weighted by molar-refractivity contribution is -0.138. The van der Waals surface area contributed by atoms with Crippen LogP contribution < -0.4 is 0 Å². The first-order valence-corrected chi connectivity index (χ1v) is 12.1. The Labute approximate surface area is 190 Å². The number of amides is 1. The van der Waals surface area contributed by atoms with Crippen molar-refractivity contribution in [1.29, 1.82) is 0 Å². The molecule has 4 rings (SSSR count). The van der Waals surface area contributed by atoms with Crippen LogP contribution in [0.25, 0.3) is 0 Å². The molecule has 1 aliphatic carbocycles. The van der Waals surface area contributed by atoms with Crippen molar-refractivity contribution in [3.63, 3.8) is 0 Å². The minimum Gasteiger partial charge on any atom is -0.301 e. The van der Waals surface area contributed by atoms with Gasteiger partial charge in [0.25, 0.3) is 0 Å². The summed E-state index contributed by atoms with van der Waals surface area (Å²) in [6.07, 6.45) is 9.66. The highest BCUT2D eigenvalue weighted by atomic mass is 19.1. The molecule has 0 bridgehead atoms. The van der Waals surface area contributed by atoms with Crippen molar-refractivity contribution in [3.8, 4) is 0 Å². The number of nitrogens with zero attached hydrogens (tertiary/aromatic N) is 3. The van der Waals surface area contributed by atoms with E-state index in [4.69, 9.17) is 5.10 Å². The highest BCUT2D eigenvalue weighted by molar-refractivity contribution is 5.98. The maximum Gasteiger partial charge on any atom is 0.246 e. The van der Waals surface area contributed by atoms with Crippen LogP contribution >= 0.6 is 0 Å². The Morgan fingerprint density at radius 1 is 1.12 bits per heavy atom. The molecule has 5 nitrogen and oxygen atoms in total. The Morgan fingerprint density at radius 3 is 2.59 bits per heavy atom. The fourth-order valence-electron chi connectivity index (χ4n) is 5.43. The van der Waals surface area contributed by atoms with E-state index in [2.05, 4.69) is 11.5 Å². The van der Waals surface area contributed by atoms with Gasteiger partial charge in [0.15, 0.2) is 5.78 Å². The maximum atomic E-state index is 13.2. The van der Waals surface area contributed by atoms with E-state index in [9.17, 15) is 14.0 Å². The fourth-order valence-corrected chi connectivity index (χ4v) is 5.43. The number of piperidine rings is 1. The normalized spacial score (nSPS) is 24.7. The molecule has 2 fully saturated rings. The van der Waals surface area contributed by atoms with Crippen molar-refractivity contribution in [2.75, 3.05) is 26.2 Å². The molecule has 1 amide bonds. The van der Waals surface area contributed by atoms with Crippen LogP contribution in [0.1, 0.15) is 61.7 Å². The van der Waals surface area contributed by atoms with Crippen LogP contribution in [0.15, 0.2) is 42.0 Å². The Hall–Kier alpha value is -2.34. The molecular weight excluding hydrogens is 405 g/mol. The van der Waals surface area contributed by atoms with E-state index in [0.29, 0.717) is 18.0 Å². The van der Waals surface area contributed by atoms with Crippen LogP contribution in [0.4, 0.5) is 4.39 Å². The van der Waals surface area contributed by atoms with Gasteiger partial charge < -0.3 is 4.90 Å². The number of carbonyl (C=O) groups excluding carboxylic acids is 2. The number of hydrazone groups is 1. The number of allylic oxidation sites excluding steroid dienone is 1. The fraction of sp³-hybridized carbons (Fsp3) is 0.577. The van der Waals surface area contributed by atoms with Gasteiger partial charge in [0.2, 0.25) is 5.91 Å². The van der Waals surface area contributed by atoms with Gasteiger partial charge in [-0.1, -0.05) is 12.5 Å². The highest BCUT2D eigenvalue weighted by Gasteiger charge is 2.39. The number of Topliss-reactive ketones (excluding diaryl/α,β-unsaturated/α-hetero) is 1. The van der Waals surface area contributed by atoms with Crippen molar-refractivity contribution in [2.45, 2.75) is 51.4 Å². The molecule has 0 aromatic heterocycles. The molecular formula is C26H34FN3O2. The molecule has 2 aliphatic heterocycles. The van der Waals surface area contributed by atoms with E-state index in [1.807, 2.05) is 6.08 Å². The zero-order chi connectivity index (χ0) is 22.5. The maximum absolute atomic E-state index is 13.2. The average molecular weight is 440 g/mol. The summed E-state index contributed by atoms with van der Waals surface area (Å²) in [6.45, 7) is 6.88. The lowest BCUT2D eigenvalue weighted by atomic mass is 9.75. The number of hydrogen-bond acceptors (Lipinski definition) is 4. The molecule has 6 heteroatoms. The Kier molecular flexibility index (Phi) is 7.51. The standard InChI is InChI=1S/C26H34FN3O2/c1-2-3-6-23-22-7-4-5-8-24(22)28-30(26(23)32)18-17-29-15-13-20(14-16-29)25(31)19-9-11-21(27)12-10-19/h2,9-12,20,22-23H,1,3-8,13-18H2. The molecule has 0 N–H and O–H groups in total. The number of halogens is 1. The summed E-state index contributed by atoms with van der Waals surface area (Å²) in [6, 6.07) is 5.84. The van der Waals surface area contributed by atoms with Crippen molar-refractivity contribution >= 4 is 17.4 Å². The van der Waals surface area contributed by atoms with E-state index in [1.165, 1.54) is 30.7 Å². The zero-order valence-corrected chi connectivity index (χ0v) is 18.8. The second kappa shape index (κ2) is 10.5. The molecule has 2 atom stereocenters. The van der Waals surface area contributed by atoms with Crippen molar-refractivity contribution in [3.05, 3.63) is 48.3 Å². The van der Waals surface area contributed by atoms with Crippen molar-refractivity contribution in [1.82, 2.24) is 9.91 Å². The number of carbonyl (C=O) groups is 2. The van der Waals surface area contributed by atoms with Gasteiger partial charge in [-0.15, -0.1) is 6.58 Å². The lowest BCUT2D eigenvalue weighted by Gasteiger charge is -2.39. The third-order valence-electron chi connectivity index (χ3n) is 7.33. The second-order valence-corrected chi connectivity index (χ2v) is 9.36. The van der Waals surface area contributed by atoms with Crippen LogP contribution in [0.3, 0.4) is 0 Å². The molecule has 32 heavy (non-hydrogen) atoms. The molecule has 3 aliphatic rings. The van der Waals surface area contributed by atoms with Crippen LogP contribution in [0.2, 0.25) is 0 Å². The van der Waals surface area contributed by atoms with E-state index in [0.717, 1.165) is 58.2 Å². The molecule has 1 saturated carbocycles. The van der Waals surface area contributed by atoms with Gasteiger partial charge in [-0.3, -0.25) is 9.59 Å². The topological polar surface area (TPSA) is 53.0 Å². The smallest absolute Gasteiger partial charge is 0.246 e. The first-order chi connectivity index (χ1) is 15.6. The predicted octanol–water partition coefficient (Wildman–Crippen LogP) is 4.69. The zero-order valence-electron chi connectivity index (χ0n) is 18.8. The molecule has 1 saturated heterocycles. The molecule has 2 heterocycles. The summed E-state index contributed by atoms with van der Waals surface area (Å²) in [5.41, 5.74) is 1.81. The van der Waals surface area contributed by atoms with Gasteiger partial charge in [-0.25, -0.2) is 9.40 Å². The largest absolute Gasteiger partial charge is 0.301 e. The third kappa shape index (κ3) is 5.17. The minimum atomic E-state index is -0.321. The van der Waals surface area contributed by atoms with Gasteiger partial charge in [-0.05, 0) is 82.3 Å². The summed E-state index contributed by atoms with van der Waals surface area (Å²) in [7, 11) is 0. The summed E-state index contributed by atoms with van der Waals surface area (Å²) >= 11 is 0. The van der Waals surface area contributed by atoms with Gasteiger partial charge in [0, 0.05) is 35.6 Å². The van der Waals surface area contributed by atoms with Gasteiger partial charge in [0.05, 0.1) is 6.54 Å². The lowest BCUT2D eigenvalue weighted by Crippen LogP contribution is -2.48. The minimum absolute atomic E-state index is 0.0140. The summed E-state index contributed by atoms with van der Waals surface area (Å²) < 4.78 is 13.1. The van der Waals surface area contributed by atoms with Crippen molar-refractivity contribution in [2.24, 2.45) is 22.9 Å². The highest BCUT2D eigenvalue weighted by Crippen LogP contribution is 2.35. The number of benzene rings is 1. The first-order valence-electron chi connectivity index (χ1n) is 12.1. The van der Waals surface area contributed by atoms with E-state index < -0.39 is 0 Å². The van der Waals surface area contributed by atoms with E-state index in [1.54, 1.807) is 17.1 Å². The van der Waals surface area contributed by atoms with Crippen LogP contribution in [0, 0.1) is 23.6 Å². The van der Waals surface area contributed by atoms with Gasteiger partial charge >= 0.3 is 0 Å². The van der Waals surface area contributed by atoms with Crippen LogP contribution in [-0.2, 0) is 4.79 Å². The Morgan fingerprint density at radius 2 is 1.88 bits per heavy atom.